The van der Waals surface area contributed by atoms with E-state index in [1.54, 1.807) is 18.3 Å². The summed E-state index contributed by atoms with van der Waals surface area (Å²) < 4.78 is 5.45. The van der Waals surface area contributed by atoms with Crippen molar-refractivity contribution in [2.75, 3.05) is 11.9 Å². The minimum atomic E-state index is -0.330. The summed E-state index contributed by atoms with van der Waals surface area (Å²) in [4.78, 5) is 23.9. The van der Waals surface area contributed by atoms with E-state index in [0.717, 1.165) is 16.1 Å². The number of carbonyl (C=O) groups excluding carboxylic acids is 2. The fourth-order valence-corrected chi connectivity index (χ4v) is 2.75. The molecule has 2 heterocycles. The molecular formula is C16H15N3O3S. The van der Waals surface area contributed by atoms with Crippen molar-refractivity contribution >= 4 is 35.1 Å². The number of ether oxygens (including phenoxy) is 1. The summed E-state index contributed by atoms with van der Waals surface area (Å²) in [5.74, 6) is 0.287. The molecule has 7 heteroatoms. The summed E-state index contributed by atoms with van der Waals surface area (Å²) >= 11 is 1.54. The Morgan fingerprint density at radius 2 is 2.30 bits per heavy atom. The van der Waals surface area contributed by atoms with Crippen LogP contribution in [0.2, 0.25) is 0 Å². The van der Waals surface area contributed by atoms with Crippen LogP contribution in [0.15, 0.2) is 40.8 Å². The molecule has 1 aromatic carbocycles. The number of aryl methyl sites for hydroxylation is 1. The summed E-state index contributed by atoms with van der Waals surface area (Å²) in [5.41, 5.74) is 4.23. The Morgan fingerprint density at radius 1 is 1.39 bits per heavy atom. The zero-order chi connectivity index (χ0) is 16.1. The van der Waals surface area contributed by atoms with Gasteiger partial charge < -0.3 is 10.1 Å². The molecule has 0 aliphatic carbocycles. The van der Waals surface area contributed by atoms with E-state index in [9.17, 15) is 9.59 Å². The number of benzene rings is 1. The predicted octanol–water partition coefficient (Wildman–Crippen LogP) is 2.16. The Kier molecular flexibility index (Phi) is 4.68. The summed E-state index contributed by atoms with van der Waals surface area (Å²) in [6.45, 7) is -0.118. The number of nitrogens with zero attached hydrogens (tertiary/aromatic N) is 1. The molecule has 0 fully saturated rings. The summed E-state index contributed by atoms with van der Waals surface area (Å²) in [7, 11) is 0. The van der Waals surface area contributed by atoms with Crippen molar-refractivity contribution in [2.45, 2.75) is 12.8 Å². The lowest BCUT2D eigenvalue weighted by atomic mass is 10.0. The number of nitrogens with one attached hydrogen (secondary N) is 2. The molecule has 0 atom stereocenters. The van der Waals surface area contributed by atoms with E-state index in [1.807, 2.05) is 23.6 Å². The second-order valence-corrected chi connectivity index (χ2v) is 5.94. The van der Waals surface area contributed by atoms with E-state index in [0.29, 0.717) is 18.6 Å². The Bertz CT molecular complexity index is 741. The first kappa shape index (κ1) is 15.2. The Balaban J connectivity index is 1.50. The highest BCUT2D eigenvalue weighted by Crippen LogP contribution is 2.26. The maximum atomic E-state index is 11.7. The number of amides is 2. The Hall–Kier alpha value is -2.67. The maximum absolute atomic E-state index is 11.7. The molecule has 1 aliphatic rings. The molecule has 2 amide bonds. The average Bonchev–Trinajstić information content (AvgIpc) is 3.06. The second-order valence-electron chi connectivity index (χ2n) is 4.96. The standard InChI is InChI=1S/C16H15N3O3S/c20-15-6-3-11-8-12(4-5-14(11)18-15)22-10-16(21)19-17-9-13-2-1-7-23-13/h1-2,4-5,7-9H,3,6,10H2,(H,18,20)(H,19,21). The number of hydrogen-bond donors (Lipinski definition) is 2. The molecule has 0 radical (unpaired) electrons. The molecule has 2 aromatic rings. The normalized spacial score (nSPS) is 13.5. The van der Waals surface area contributed by atoms with Crippen LogP contribution in [0.5, 0.6) is 5.75 Å². The van der Waals surface area contributed by atoms with Crippen molar-refractivity contribution < 1.29 is 14.3 Å². The topological polar surface area (TPSA) is 79.8 Å². The van der Waals surface area contributed by atoms with Crippen LogP contribution in [0.1, 0.15) is 16.9 Å². The van der Waals surface area contributed by atoms with Gasteiger partial charge in [0.1, 0.15) is 5.75 Å². The van der Waals surface area contributed by atoms with Crippen molar-refractivity contribution in [3.05, 3.63) is 46.2 Å². The highest BCUT2D eigenvalue weighted by molar-refractivity contribution is 7.11. The van der Waals surface area contributed by atoms with Crippen molar-refractivity contribution in [1.29, 1.82) is 0 Å². The first-order valence-electron chi connectivity index (χ1n) is 7.12. The van der Waals surface area contributed by atoms with Crippen LogP contribution in [-0.4, -0.2) is 24.6 Å². The monoisotopic (exact) mass is 329 g/mol. The van der Waals surface area contributed by atoms with Gasteiger partial charge >= 0.3 is 0 Å². The van der Waals surface area contributed by atoms with E-state index in [1.165, 1.54) is 11.3 Å². The van der Waals surface area contributed by atoms with Gasteiger partial charge in [0.15, 0.2) is 6.61 Å². The minimum Gasteiger partial charge on any atom is -0.484 e. The van der Waals surface area contributed by atoms with E-state index >= 15 is 0 Å². The Morgan fingerprint density at radius 3 is 3.13 bits per heavy atom. The van der Waals surface area contributed by atoms with Crippen LogP contribution in [-0.2, 0) is 16.0 Å². The first-order valence-corrected chi connectivity index (χ1v) is 8.00. The predicted molar refractivity (Wildman–Crippen MR) is 88.9 cm³/mol. The van der Waals surface area contributed by atoms with Crippen LogP contribution in [0, 0.1) is 0 Å². The fourth-order valence-electron chi connectivity index (χ4n) is 2.16. The smallest absolute Gasteiger partial charge is 0.277 e. The number of thiophene rings is 1. The van der Waals surface area contributed by atoms with Gasteiger partial charge in [-0.2, -0.15) is 5.10 Å². The highest BCUT2D eigenvalue weighted by atomic mass is 32.1. The summed E-state index contributed by atoms with van der Waals surface area (Å²) in [6.07, 6.45) is 2.73. The van der Waals surface area contributed by atoms with Crippen molar-refractivity contribution in [1.82, 2.24) is 5.43 Å². The van der Waals surface area contributed by atoms with Crippen molar-refractivity contribution in [3.63, 3.8) is 0 Å². The molecule has 1 aromatic heterocycles. The van der Waals surface area contributed by atoms with E-state index in [2.05, 4.69) is 15.8 Å². The van der Waals surface area contributed by atoms with Crippen molar-refractivity contribution in [3.8, 4) is 5.75 Å². The number of rotatable bonds is 5. The molecule has 6 nitrogen and oxygen atoms in total. The van der Waals surface area contributed by atoms with Crippen molar-refractivity contribution in [2.24, 2.45) is 5.10 Å². The van der Waals surface area contributed by atoms with Crippen LogP contribution in [0.4, 0.5) is 5.69 Å². The molecular weight excluding hydrogens is 314 g/mol. The lowest BCUT2D eigenvalue weighted by Gasteiger charge is -2.17. The molecule has 2 N–H and O–H groups in total. The fraction of sp³-hybridized carbons (Fsp3) is 0.188. The molecule has 0 spiro atoms. The first-order chi connectivity index (χ1) is 11.2. The third kappa shape index (κ3) is 4.17. The molecule has 0 saturated heterocycles. The van der Waals surface area contributed by atoms with Crippen LogP contribution >= 0.6 is 11.3 Å². The van der Waals surface area contributed by atoms with Gasteiger partial charge in [0.25, 0.3) is 5.91 Å². The highest BCUT2D eigenvalue weighted by Gasteiger charge is 2.15. The number of fused-ring (bicyclic) bond motifs is 1. The Labute approximate surface area is 137 Å². The maximum Gasteiger partial charge on any atom is 0.277 e. The zero-order valence-corrected chi connectivity index (χ0v) is 13.1. The van der Waals surface area contributed by atoms with E-state index < -0.39 is 0 Å². The molecule has 118 valence electrons. The lowest BCUT2D eigenvalue weighted by molar-refractivity contribution is -0.123. The molecule has 1 aliphatic heterocycles. The average molecular weight is 329 g/mol. The third-order valence-electron chi connectivity index (χ3n) is 3.27. The van der Waals surface area contributed by atoms with Gasteiger partial charge in [-0.25, -0.2) is 5.43 Å². The quantitative estimate of drug-likeness (QED) is 0.652. The molecule has 0 bridgehead atoms. The lowest BCUT2D eigenvalue weighted by Crippen LogP contribution is -2.24. The third-order valence-corrected chi connectivity index (χ3v) is 4.07. The van der Waals surface area contributed by atoms with Gasteiger partial charge in [-0.1, -0.05) is 6.07 Å². The van der Waals surface area contributed by atoms with Gasteiger partial charge in [0, 0.05) is 17.0 Å². The number of hydrazone groups is 1. The minimum absolute atomic E-state index is 0.0224. The SMILES string of the molecule is O=C(COc1ccc2c(c1)CCC(=O)N2)NN=Cc1cccs1. The molecule has 0 unspecified atom stereocenters. The van der Waals surface area contributed by atoms with Gasteiger partial charge in [0.05, 0.1) is 6.21 Å². The number of anilines is 1. The van der Waals surface area contributed by atoms with Gasteiger partial charge in [0.2, 0.25) is 5.91 Å². The van der Waals surface area contributed by atoms with E-state index in [-0.39, 0.29) is 18.4 Å². The van der Waals surface area contributed by atoms with Gasteiger partial charge in [-0.3, -0.25) is 9.59 Å². The largest absolute Gasteiger partial charge is 0.484 e. The van der Waals surface area contributed by atoms with Crippen LogP contribution < -0.4 is 15.5 Å². The second kappa shape index (κ2) is 7.06. The van der Waals surface area contributed by atoms with E-state index in [4.69, 9.17) is 4.74 Å². The van der Waals surface area contributed by atoms with Gasteiger partial charge in [-0.15, -0.1) is 11.3 Å². The summed E-state index contributed by atoms with van der Waals surface area (Å²) in [5, 5.41) is 8.60. The molecule has 3 rings (SSSR count). The number of hydrogen-bond acceptors (Lipinski definition) is 5. The molecule has 23 heavy (non-hydrogen) atoms. The zero-order valence-electron chi connectivity index (χ0n) is 12.2. The van der Waals surface area contributed by atoms with Gasteiger partial charge in [-0.05, 0) is 41.6 Å². The van der Waals surface area contributed by atoms with Crippen LogP contribution in [0.25, 0.3) is 0 Å². The number of carbonyl (C=O) groups is 2. The summed E-state index contributed by atoms with van der Waals surface area (Å²) in [6, 6.07) is 9.18. The molecule has 0 saturated carbocycles. The van der Waals surface area contributed by atoms with Crippen LogP contribution in [0.3, 0.4) is 0 Å².